The van der Waals surface area contributed by atoms with Crippen molar-refractivity contribution in [3.8, 4) is 0 Å². The molecule has 0 radical (unpaired) electrons. The lowest BCUT2D eigenvalue weighted by Crippen LogP contribution is -2.45. The number of methoxy groups -OCH3 is 1. The van der Waals surface area contributed by atoms with Crippen LogP contribution >= 0.6 is 0 Å². The number of imide groups is 1. The van der Waals surface area contributed by atoms with Gasteiger partial charge in [0, 0.05) is 18.6 Å². The Morgan fingerprint density at radius 3 is 2.29 bits per heavy atom. The molecule has 7 nitrogen and oxygen atoms in total. The average Bonchev–Trinajstić information content (AvgIpc) is 2.60. The number of aliphatic carboxylic acids is 1. The lowest BCUT2D eigenvalue weighted by Gasteiger charge is -2.21. The number of hydrogen-bond donors (Lipinski definition) is 1. The van der Waals surface area contributed by atoms with Gasteiger partial charge in [0.2, 0.25) is 0 Å². The summed E-state index contributed by atoms with van der Waals surface area (Å²) < 4.78 is 4.36. The summed E-state index contributed by atoms with van der Waals surface area (Å²) in [5.41, 5.74) is 0. The molecule has 0 spiro atoms. The van der Waals surface area contributed by atoms with Crippen molar-refractivity contribution in [2.24, 2.45) is 0 Å². The van der Waals surface area contributed by atoms with Crippen LogP contribution in [0.25, 0.3) is 0 Å². The topological polar surface area (TPSA) is 101 Å². The second-order valence-corrected chi connectivity index (χ2v) is 3.35. The van der Waals surface area contributed by atoms with Gasteiger partial charge in [-0.05, 0) is 6.42 Å². The first-order valence-corrected chi connectivity index (χ1v) is 4.82. The van der Waals surface area contributed by atoms with Crippen molar-refractivity contribution in [1.29, 1.82) is 0 Å². The van der Waals surface area contributed by atoms with Crippen LogP contribution in [0.3, 0.4) is 0 Å². The average molecular weight is 241 g/mol. The standard InChI is InChI=1S/C10H11NO6/c1-17-9(14)5-2-6(10(15)16)11-7(12)3-4-8(11)13/h3-4,6H,2,5H2,1H3,(H,15,16)/t6-/m0/s1. The molecule has 0 saturated heterocycles. The summed E-state index contributed by atoms with van der Waals surface area (Å²) >= 11 is 0. The van der Waals surface area contributed by atoms with Crippen LogP contribution in [0.4, 0.5) is 0 Å². The van der Waals surface area contributed by atoms with Crippen LogP contribution < -0.4 is 0 Å². The molecular weight excluding hydrogens is 230 g/mol. The maximum absolute atomic E-state index is 11.3. The second-order valence-electron chi connectivity index (χ2n) is 3.35. The van der Waals surface area contributed by atoms with Gasteiger partial charge >= 0.3 is 11.9 Å². The molecule has 7 heteroatoms. The predicted molar refractivity (Wildman–Crippen MR) is 53.7 cm³/mol. The second kappa shape index (κ2) is 5.24. The monoisotopic (exact) mass is 241 g/mol. The Hall–Kier alpha value is -2.18. The number of carbonyl (C=O) groups is 4. The van der Waals surface area contributed by atoms with Crippen molar-refractivity contribution in [3.05, 3.63) is 12.2 Å². The molecule has 1 aliphatic heterocycles. The highest BCUT2D eigenvalue weighted by Gasteiger charge is 2.35. The van der Waals surface area contributed by atoms with E-state index >= 15 is 0 Å². The van der Waals surface area contributed by atoms with Crippen LogP contribution in [0.15, 0.2) is 12.2 Å². The molecule has 0 bridgehead atoms. The molecule has 0 fully saturated rings. The first-order chi connectivity index (χ1) is 7.97. The Labute approximate surface area is 96.6 Å². The molecule has 92 valence electrons. The van der Waals surface area contributed by atoms with E-state index in [1.54, 1.807) is 0 Å². The number of rotatable bonds is 5. The van der Waals surface area contributed by atoms with Gasteiger partial charge < -0.3 is 9.84 Å². The maximum atomic E-state index is 11.3. The number of ether oxygens (including phenoxy) is 1. The summed E-state index contributed by atoms with van der Waals surface area (Å²) in [5, 5.41) is 8.93. The number of hydrogen-bond acceptors (Lipinski definition) is 5. The van der Waals surface area contributed by atoms with Gasteiger partial charge in [-0.2, -0.15) is 0 Å². The Morgan fingerprint density at radius 1 is 1.35 bits per heavy atom. The van der Waals surface area contributed by atoms with Crippen LogP contribution in [-0.4, -0.2) is 46.9 Å². The summed E-state index contributed by atoms with van der Waals surface area (Å²) in [6, 6.07) is -1.34. The molecule has 0 aromatic carbocycles. The minimum absolute atomic E-state index is 0.166. The normalized spacial score (nSPS) is 16.2. The molecule has 1 N–H and O–H groups in total. The van der Waals surface area contributed by atoms with E-state index in [0.717, 1.165) is 12.2 Å². The lowest BCUT2D eigenvalue weighted by molar-refractivity contribution is -0.154. The highest BCUT2D eigenvalue weighted by Crippen LogP contribution is 2.14. The fourth-order valence-electron chi connectivity index (χ4n) is 1.44. The van der Waals surface area contributed by atoms with Crippen molar-refractivity contribution in [2.75, 3.05) is 7.11 Å². The highest BCUT2D eigenvalue weighted by molar-refractivity contribution is 6.14. The molecule has 1 heterocycles. The quantitative estimate of drug-likeness (QED) is 0.505. The number of amides is 2. The molecule has 1 aliphatic rings. The van der Waals surface area contributed by atoms with E-state index in [-0.39, 0.29) is 12.8 Å². The summed E-state index contributed by atoms with van der Waals surface area (Å²) in [6.45, 7) is 0. The van der Waals surface area contributed by atoms with Crippen LogP contribution in [-0.2, 0) is 23.9 Å². The van der Waals surface area contributed by atoms with E-state index in [0.29, 0.717) is 4.90 Å². The van der Waals surface area contributed by atoms with Gasteiger partial charge in [-0.1, -0.05) is 0 Å². The lowest BCUT2D eigenvalue weighted by atomic mass is 10.1. The van der Waals surface area contributed by atoms with E-state index in [2.05, 4.69) is 4.74 Å². The van der Waals surface area contributed by atoms with Crippen LogP contribution in [0.1, 0.15) is 12.8 Å². The van der Waals surface area contributed by atoms with E-state index in [1.807, 2.05) is 0 Å². The zero-order valence-electron chi connectivity index (χ0n) is 9.08. The fourth-order valence-corrected chi connectivity index (χ4v) is 1.44. The molecule has 1 atom stereocenters. The summed E-state index contributed by atoms with van der Waals surface area (Å²) in [4.78, 5) is 45.0. The maximum Gasteiger partial charge on any atom is 0.326 e. The third kappa shape index (κ3) is 2.90. The van der Waals surface area contributed by atoms with Gasteiger partial charge in [-0.3, -0.25) is 19.3 Å². The van der Waals surface area contributed by atoms with Crippen molar-refractivity contribution in [1.82, 2.24) is 4.90 Å². The van der Waals surface area contributed by atoms with Crippen LogP contribution in [0, 0.1) is 0 Å². The van der Waals surface area contributed by atoms with Crippen molar-refractivity contribution < 1.29 is 29.0 Å². The number of carboxylic acid groups (broad SMARTS) is 1. The Morgan fingerprint density at radius 2 is 1.88 bits per heavy atom. The molecule has 0 saturated carbocycles. The van der Waals surface area contributed by atoms with Gasteiger partial charge in [0.1, 0.15) is 6.04 Å². The molecule has 0 aliphatic carbocycles. The smallest absolute Gasteiger partial charge is 0.326 e. The molecule has 0 aromatic rings. The molecule has 0 unspecified atom stereocenters. The van der Waals surface area contributed by atoms with Crippen molar-refractivity contribution in [2.45, 2.75) is 18.9 Å². The minimum Gasteiger partial charge on any atom is -0.480 e. The van der Waals surface area contributed by atoms with Crippen molar-refractivity contribution in [3.63, 3.8) is 0 Å². The summed E-state index contributed by atoms with van der Waals surface area (Å²) in [7, 11) is 1.17. The Kier molecular flexibility index (Phi) is 3.97. The van der Waals surface area contributed by atoms with E-state index in [9.17, 15) is 19.2 Å². The molecule has 1 rings (SSSR count). The number of carbonyl (C=O) groups excluding carboxylic acids is 3. The molecule has 2 amide bonds. The fraction of sp³-hybridized carbons (Fsp3) is 0.400. The van der Waals surface area contributed by atoms with Gasteiger partial charge in [0.25, 0.3) is 11.8 Å². The number of nitrogens with zero attached hydrogens (tertiary/aromatic N) is 1. The molecule has 17 heavy (non-hydrogen) atoms. The Balaban J connectivity index is 2.73. The first-order valence-electron chi connectivity index (χ1n) is 4.82. The largest absolute Gasteiger partial charge is 0.480 e. The van der Waals surface area contributed by atoms with Crippen molar-refractivity contribution >= 4 is 23.8 Å². The van der Waals surface area contributed by atoms with E-state index in [4.69, 9.17) is 5.11 Å². The van der Waals surface area contributed by atoms with Crippen LogP contribution in [0.5, 0.6) is 0 Å². The minimum atomic E-state index is -1.34. The third-order valence-corrected chi connectivity index (χ3v) is 2.29. The predicted octanol–water partition coefficient (Wildman–Crippen LogP) is -0.682. The summed E-state index contributed by atoms with van der Waals surface area (Å²) in [6.07, 6.45) is 1.65. The third-order valence-electron chi connectivity index (χ3n) is 2.29. The Bertz CT molecular complexity index is 382. The van der Waals surface area contributed by atoms with E-state index < -0.39 is 29.8 Å². The van der Waals surface area contributed by atoms with E-state index in [1.165, 1.54) is 7.11 Å². The van der Waals surface area contributed by atoms with Gasteiger partial charge in [-0.15, -0.1) is 0 Å². The first kappa shape index (κ1) is 12.9. The highest BCUT2D eigenvalue weighted by atomic mass is 16.5. The SMILES string of the molecule is COC(=O)CC[C@@H](C(=O)O)N1C(=O)C=CC1=O. The van der Waals surface area contributed by atoms with Crippen LogP contribution in [0.2, 0.25) is 0 Å². The van der Waals surface area contributed by atoms with Gasteiger partial charge in [-0.25, -0.2) is 4.79 Å². The van der Waals surface area contributed by atoms with Gasteiger partial charge in [0.15, 0.2) is 0 Å². The molecule has 0 aromatic heterocycles. The van der Waals surface area contributed by atoms with Gasteiger partial charge in [0.05, 0.1) is 7.11 Å². The number of esters is 1. The number of carboxylic acids is 1. The summed E-state index contributed by atoms with van der Waals surface area (Å²) in [5.74, 6) is -3.30. The zero-order valence-corrected chi connectivity index (χ0v) is 9.08. The zero-order chi connectivity index (χ0) is 13.0. The molecular formula is C10H11NO6.